The number of urea groups is 1. The fourth-order valence-corrected chi connectivity index (χ4v) is 2.69. The first kappa shape index (κ1) is 17.2. The summed E-state index contributed by atoms with van der Waals surface area (Å²) in [7, 11) is 1.51. The molecule has 2 rings (SSSR count). The van der Waals surface area contributed by atoms with Gasteiger partial charge in [-0.15, -0.1) is 0 Å². The van der Waals surface area contributed by atoms with Gasteiger partial charge < -0.3 is 15.5 Å². The average Bonchev–Trinajstić information content (AvgIpc) is 2.58. The lowest BCUT2D eigenvalue weighted by molar-refractivity contribution is -0.132. The highest BCUT2D eigenvalue weighted by Crippen LogP contribution is 2.22. The Hall–Kier alpha value is -2.15. The predicted octanol–water partition coefficient (Wildman–Crippen LogP) is 0.960. The van der Waals surface area contributed by atoms with Gasteiger partial charge in [-0.05, 0) is 24.6 Å². The molecule has 0 aromatic heterocycles. The highest BCUT2D eigenvalue weighted by Gasteiger charge is 2.24. The Balaban J connectivity index is 1.83. The molecule has 6 nitrogen and oxygen atoms in total. The van der Waals surface area contributed by atoms with Crippen LogP contribution in [0.25, 0.3) is 0 Å². The summed E-state index contributed by atoms with van der Waals surface area (Å²) < 4.78 is 13.3. The fourth-order valence-electron chi connectivity index (χ4n) is 2.69. The van der Waals surface area contributed by atoms with Crippen molar-refractivity contribution in [1.82, 2.24) is 20.4 Å². The van der Waals surface area contributed by atoms with Crippen LogP contribution in [0.5, 0.6) is 0 Å². The Kier molecular flexibility index (Phi) is 5.92. The van der Waals surface area contributed by atoms with Crippen LogP contribution in [0, 0.1) is 5.82 Å². The van der Waals surface area contributed by atoms with Gasteiger partial charge in [-0.25, -0.2) is 9.18 Å². The molecule has 1 heterocycles. The van der Waals surface area contributed by atoms with Crippen LogP contribution in [-0.2, 0) is 4.79 Å². The topological polar surface area (TPSA) is 64.7 Å². The molecule has 7 heteroatoms. The van der Waals surface area contributed by atoms with Crippen molar-refractivity contribution in [2.45, 2.75) is 13.0 Å². The molecule has 0 bridgehead atoms. The quantitative estimate of drug-likeness (QED) is 0.868. The summed E-state index contributed by atoms with van der Waals surface area (Å²) in [5.74, 6) is -0.324. The second kappa shape index (κ2) is 7.92. The number of piperazine rings is 1. The van der Waals surface area contributed by atoms with Crippen LogP contribution < -0.4 is 10.6 Å². The zero-order chi connectivity index (χ0) is 16.8. The standard InChI is InChI=1S/C16H23FN4O2/c1-12(13-4-3-5-14(17)10-13)20-6-8-21(9-7-20)15(22)11-19-16(23)18-2/h3-5,10,12H,6-9,11H2,1-2H3,(H2,18,19,23). The molecule has 0 saturated carbocycles. The Morgan fingerprint density at radius 1 is 1.26 bits per heavy atom. The van der Waals surface area contributed by atoms with Crippen molar-refractivity contribution in [1.29, 1.82) is 0 Å². The maximum atomic E-state index is 13.3. The monoisotopic (exact) mass is 322 g/mol. The van der Waals surface area contributed by atoms with Crippen molar-refractivity contribution >= 4 is 11.9 Å². The Labute approximate surface area is 135 Å². The molecule has 0 radical (unpaired) electrons. The van der Waals surface area contributed by atoms with E-state index in [4.69, 9.17) is 0 Å². The van der Waals surface area contributed by atoms with E-state index < -0.39 is 0 Å². The third kappa shape index (κ3) is 4.66. The number of halogens is 1. The molecule has 126 valence electrons. The van der Waals surface area contributed by atoms with Crippen LogP contribution in [0.4, 0.5) is 9.18 Å². The molecule has 0 spiro atoms. The van der Waals surface area contributed by atoms with Crippen LogP contribution in [0.2, 0.25) is 0 Å². The van der Waals surface area contributed by atoms with Gasteiger partial charge >= 0.3 is 6.03 Å². The summed E-state index contributed by atoms with van der Waals surface area (Å²) in [6.07, 6.45) is 0. The van der Waals surface area contributed by atoms with Gasteiger partial charge in [-0.1, -0.05) is 12.1 Å². The summed E-state index contributed by atoms with van der Waals surface area (Å²) in [4.78, 5) is 27.1. The van der Waals surface area contributed by atoms with Crippen molar-refractivity contribution in [3.05, 3.63) is 35.6 Å². The van der Waals surface area contributed by atoms with E-state index in [0.29, 0.717) is 13.1 Å². The summed E-state index contributed by atoms with van der Waals surface area (Å²) in [5.41, 5.74) is 0.936. The van der Waals surface area contributed by atoms with Crippen molar-refractivity contribution in [2.24, 2.45) is 0 Å². The lowest BCUT2D eigenvalue weighted by atomic mass is 10.1. The molecule has 0 aliphatic carbocycles. The smallest absolute Gasteiger partial charge is 0.314 e. The van der Waals surface area contributed by atoms with E-state index in [2.05, 4.69) is 15.5 Å². The van der Waals surface area contributed by atoms with Gasteiger partial charge in [-0.3, -0.25) is 9.69 Å². The number of nitrogens with one attached hydrogen (secondary N) is 2. The van der Waals surface area contributed by atoms with Crippen LogP contribution in [0.3, 0.4) is 0 Å². The molecule has 3 amide bonds. The van der Waals surface area contributed by atoms with E-state index in [1.807, 2.05) is 13.0 Å². The minimum atomic E-state index is -0.364. The van der Waals surface area contributed by atoms with Gasteiger partial charge in [0.25, 0.3) is 0 Å². The van der Waals surface area contributed by atoms with Gasteiger partial charge in [0, 0.05) is 39.3 Å². The molecule has 23 heavy (non-hydrogen) atoms. The van der Waals surface area contributed by atoms with Crippen LogP contribution >= 0.6 is 0 Å². The van der Waals surface area contributed by atoms with Gasteiger partial charge in [0.2, 0.25) is 5.91 Å². The van der Waals surface area contributed by atoms with E-state index in [9.17, 15) is 14.0 Å². The highest BCUT2D eigenvalue weighted by molar-refractivity contribution is 5.83. The van der Waals surface area contributed by atoms with Gasteiger partial charge in [0.15, 0.2) is 0 Å². The second-order valence-corrected chi connectivity index (χ2v) is 5.58. The Bertz CT molecular complexity index is 559. The summed E-state index contributed by atoms with van der Waals surface area (Å²) in [5, 5.41) is 4.91. The van der Waals surface area contributed by atoms with Crippen molar-refractivity contribution in [3.8, 4) is 0 Å². The highest BCUT2D eigenvalue weighted by atomic mass is 19.1. The number of carbonyl (C=O) groups excluding carboxylic acids is 2. The lowest BCUT2D eigenvalue weighted by Crippen LogP contribution is -2.52. The van der Waals surface area contributed by atoms with Crippen LogP contribution in [0.15, 0.2) is 24.3 Å². The molecule has 1 aliphatic heterocycles. The largest absolute Gasteiger partial charge is 0.341 e. The van der Waals surface area contributed by atoms with Crippen molar-refractivity contribution in [2.75, 3.05) is 39.8 Å². The van der Waals surface area contributed by atoms with Gasteiger partial charge in [0.1, 0.15) is 5.82 Å². The van der Waals surface area contributed by atoms with Crippen LogP contribution in [0.1, 0.15) is 18.5 Å². The number of carbonyl (C=O) groups is 2. The number of amides is 3. The number of hydrogen-bond acceptors (Lipinski definition) is 3. The Morgan fingerprint density at radius 2 is 1.96 bits per heavy atom. The number of benzene rings is 1. The van der Waals surface area contributed by atoms with Gasteiger partial charge in [0.05, 0.1) is 6.54 Å². The maximum Gasteiger partial charge on any atom is 0.314 e. The molecular weight excluding hydrogens is 299 g/mol. The number of rotatable bonds is 4. The molecule has 1 aromatic rings. The molecule has 1 aromatic carbocycles. The zero-order valence-corrected chi connectivity index (χ0v) is 13.5. The first-order valence-electron chi connectivity index (χ1n) is 7.74. The molecule has 1 unspecified atom stereocenters. The average molecular weight is 322 g/mol. The Morgan fingerprint density at radius 3 is 2.57 bits per heavy atom. The van der Waals surface area contributed by atoms with Crippen LogP contribution in [-0.4, -0.2) is 61.5 Å². The molecule has 1 aliphatic rings. The summed E-state index contributed by atoms with van der Waals surface area (Å²) in [6, 6.07) is 6.36. The maximum absolute atomic E-state index is 13.3. The van der Waals surface area contributed by atoms with E-state index in [-0.39, 0.29) is 30.3 Å². The number of hydrogen-bond donors (Lipinski definition) is 2. The van der Waals surface area contributed by atoms with Gasteiger partial charge in [-0.2, -0.15) is 0 Å². The normalized spacial score (nSPS) is 16.7. The molecule has 1 fully saturated rings. The van der Waals surface area contributed by atoms with E-state index in [0.717, 1.165) is 18.7 Å². The third-order valence-electron chi connectivity index (χ3n) is 4.17. The first-order valence-corrected chi connectivity index (χ1v) is 7.74. The molecule has 1 saturated heterocycles. The lowest BCUT2D eigenvalue weighted by Gasteiger charge is -2.38. The second-order valence-electron chi connectivity index (χ2n) is 5.58. The van der Waals surface area contributed by atoms with Crippen molar-refractivity contribution < 1.29 is 14.0 Å². The SMILES string of the molecule is CNC(=O)NCC(=O)N1CCN(C(C)c2cccc(F)c2)CC1. The van der Waals surface area contributed by atoms with Crippen molar-refractivity contribution in [3.63, 3.8) is 0 Å². The first-order chi connectivity index (χ1) is 11.0. The molecule has 1 atom stereocenters. The number of nitrogens with zero attached hydrogens (tertiary/aromatic N) is 2. The zero-order valence-electron chi connectivity index (χ0n) is 13.5. The summed E-state index contributed by atoms with van der Waals surface area (Å²) in [6.45, 7) is 4.70. The minimum Gasteiger partial charge on any atom is -0.341 e. The predicted molar refractivity (Wildman–Crippen MR) is 85.4 cm³/mol. The van der Waals surface area contributed by atoms with E-state index >= 15 is 0 Å². The van der Waals surface area contributed by atoms with E-state index in [1.165, 1.54) is 13.1 Å². The third-order valence-corrected chi connectivity index (χ3v) is 4.17. The summed E-state index contributed by atoms with van der Waals surface area (Å²) >= 11 is 0. The minimum absolute atomic E-state index is 0.000870. The molecular formula is C16H23FN4O2. The van der Waals surface area contributed by atoms with E-state index in [1.54, 1.807) is 17.0 Å². The fraction of sp³-hybridized carbons (Fsp3) is 0.500. The molecule has 2 N–H and O–H groups in total.